The molecule has 0 aliphatic heterocycles. The van der Waals surface area contributed by atoms with E-state index in [9.17, 15) is 0 Å². The fourth-order valence-corrected chi connectivity index (χ4v) is 1.85. The Labute approximate surface area is 128 Å². The van der Waals surface area contributed by atoms with Crippen LogP contribution in [0.5, 0.6) is 0 Å². The number of halogens is 1. The molecule has 0 saturated carbocycles. The molecule has 0 heterocycles. The third-order valence-electron chi connectivity index (χ3n) is 2.38. The van der Waals surface area contributed by atoms with Crippen LogP contribution in [0.25, 0.3) is 0 Å². The zero-order valence-corrected chi connectivity index (χ0v) is 14.4. The van der Waals surface area contributed by atoms with Crippen molar-refractivity contribution < 1.29 is 0 Å². The molecule has 0 bridgehead atoms. The number of rotatable bonds is 10. The van der Waals surface area contributed by atoms with E-state index in [2.05, 4.69) is 23.5 Å². The summed E-state index contributed by atoms with van der Waals surface area (Å²) in [5.41, 5.74) is 5.71. The number of nitrogens with one attached hydrogen (secondary N) is 1. The minimum Gasteiger partial charge on any atom is -0.370 e. The fourth-order valence-electron chi connectivity index (χ4n) is 1.36. The molecule has 0 aromatic heterocycles. The standard InChI is InChI=1S/C12H27N3S.HI/c1-3-4-9-14-12(13)15-10-7-5-6-8-11-16-2;/h3-11H2,1-2H3,(H3,13,14,15);1H. The fraction of sp³-hybridized carbons (Fsp3) is 0.917. The smallest absolute Gasteiger partial charge is 0.188 e. The lowest BCUT2D eigenvalue weighted by atomic mass is 10.2. The van der Waals surface area contributed by atoms with Gasteiger partial charge in [-0.25, -0.2) is 0 Å². The zero-order chi connectivity index (χ0) is 12.1. The van der Waals surface area contributed by atoms with E-state index in [0.717, 1.165) is 25.9 Å². The molecule has 5 heteroatoms. The van der Waals surface area contributed by atoms with Crippen molar-refractivity contribution in [1.29, 1.82) is 0 Å². The van der Waals surface area contributed by atoms with Crippen LogP contribution in [0.3, 0.4) is 0 Å². The van der Waals surface area contributed by atoms with Crippen LogP contribution in [0.4, 0.5) is 0 Å². The maximum atomic E-state index is 5.71. The van der Waals surface area contributed by atoms with Crippen molar-refractivity contribution >= 4 is 41.7 Å². The summed E-state index contributed by atoms with van der Waals surface area (Å²) in [6.45, 7) is 3.98. The summed E-state index contributed by atoms with van der Waals surface area (Å²) < 4.78 is 0. The van der Waals surface area contributed by atoms with Crippen LogP contribution in [-0.4, -0.2) is 31.1 Å². The number of thioether (sulfide) groups is 1. The molecule has 17 heavy (non-hydrogen) atoms. The van der Waals surface area contributed by atoms with Gasteiger partial charge in [-0.3, -0.25) is 4.99 Å². The predicted octanol–water partition coefficient (Wildman–Crippen LogP) is 3.23. The molecule has 0 saturated heterocycles. The highest BCUT2D eigenvalue weighted by Crippen LogP contribution is 2.04. The minimum atomic E-state index is 0. The van der Waals surface area contributed by atoms with Crippen molar-refractivity contribution in [2.45, 2.75) is 45.4 Å². The van der Waals surface area contributed by atoms with Crippen molar-refractivity contribution in [2.24, 2.45) is 10.7 Å². The summed E-state index contributed by atoms with van der Waals surface area (Å²) in [5, 5.41) is 3.12. The summed E-state index contributed by atoms with van der Waals surface area (Å²) in [5.74, 6) is 1.89. The second kappa shape index (κ2) is 16.4. The Hall–Kier alpha value is 0.350. The van der Waals surface area contributed by atoms with Crippen molar-refractivity contribution in [3.63, 3.8) is 0 Å². The third kappa shape index (κ3) is 16.4. The number of aliphatic imine (C=N–C) groups is 1. The zero-order valence-electron chi connectivity index (χ0n) is 11.2. The first kappa shape index (κ1) is 19.7. The average Bonchev–Trinajstić information content (AvgIpc) is 2.28. The van der Waals surface area contributed by atoms with Gasteiger partial charge in [0.2, 0.25) is 0 Å². The summed E-state index contributed by atoms with van der Waals surface area (Å²) in [6.07, 6.45) is 9.58. The Morgan fingerprint density at radius 1 is 1.18 bits per heavy atom. The number of nitrogens with zero attached hydrogens (tertiary/aromatic N) is 1. The number of guanidine groups is 1. The summed E-state index contributed by atoms with van der Waals surface area (Å²) in [7, 11) is 0. The highest BCUT2D eigenvalue weighted by molar-refractivity contribution is 14.0. The maximum absolute atomic E-state index is 5.71. The van der Waals surface area contributed by atoms with E-state index in [-0.39, 0.29) is 24.0 Å². The highest BCUT2D eigenvalue weighted by atomic mass is 127. The largest absolute Gasteiger partial charge is 0.370 e. The molecule has 0 spiro atoms. The second-order valence-corrected chi connectivity index (χ2v) is 4.94. The van der Waals surface area contributed by atoms with Gasteiger partial charge in [-0.05, 0) is 31.3 Å². The Kier molecular flexibility index (Phi) is 18.9. The second-order valence-electron chi connectivity index (χ2n) is 3.95. The Balaban J connectivity index is 0. The summed E-state index contributed by atoms with van der Waals surface area (Å²) >= 11 is 1.92. The van der Waals surface area contributed by atoms with E-state index in [1.54, 1.807) is 0 Å². The number of hydrogen-bond acceptors (Lipinski definition) is 2. The lowest BCUT2D eigenvalue weighted by Crippen LogP contribution is -2.32. The molecule has 0 unspecified atom stereocenters. The quantitative estimate of drug-likeness (QED) is 0.268. The molecule has 104 valence electrons. The van der Waals surface area contributed by atoms with Crippen molar-refractivity contribution in [2.75, 3.05) is 25.1 Å². The van der Waals surface area contributed by atoms with Gasteiger partial charge in [0.15, 0.2) is 5.96 Å². The van der Waals surface area contributed by atoms with Crippen LogP contribution in [0.15, 0.2) is 4.99 Å². The lowest BCUT2D eigenvalue weighted by Gasteiger charge is -2.04. The van der Waals surface area contributed by atoms with Crippen LogP contribution in [-0.2, 0) is 0 Å². The predicted molar refractivity (Wildman–Crippen MR) is 91.7 cm³/mol. The van der Waals surface area contributed by atoms with E-state index in [4.69, 9.17) is 5.73 Å². The van der Waals surface area contributed by atoms with Gasteiger partial charge in [-0.2, -0.15) is 11.8 Å². The topological polar surface area (TPSA) is 50.4 Å². The monoisotopic (exact) mass is 373 g/mol. The van der Waals surface area contributed by atoms with E-state index < -0.39 is 0 Å². The Morgan fingerprint density at radius 3 is 2.53 bits per heavy atom. The van der Waals surface area contributed by atoms with Gasteiger partial charge < -0.3 is 11.1 Å². The number of nitrogens with two attached hydrogens (primary N) is 1. The third-order valence-corrected chi connectivity index (χ3v) is 3.07. The van der Waals surface area contributed by atoms with E-state index in [1.807, 2.05) is 11.8 Å². The first-order valence-electron chi connectivity index (χ1n) is 6.34. The van der Waals surface area contributed by atoms with E-state index in [0.29, 0.717) is 5.96 Å². The van der Waals surface area contributed by atoms with Gasteiger partial charge in [0.05, 0.1) is 0 Å². The van der Waals surface area contributed by atoms with Crippen LogP contribution < -0.4 is 11.1 Å². The van der Waals surface area contributed by atoms with Crippen LogP contribution in [0.2, 0.25) is 0 Å². The van der Waals surface area contributed by atoms with E-state index >= 15 is 0 Å². The van der Waals surface area contributed by atoms with Crippen molar-refractivity contribution in [3.8, 4) is 0 Å². The van der Waals surface area contributed by atoms with E-state index in [1.165, 1.54) is 31.4 Å². The van der Waals surface area contributed by atoms with Crippen molar-refractivity contribution in [1.82, 2.24) is 5.32 Å². The van der Waals surface area contributed by atoms with Crippen LogP contribution in [0, 0.1) is 0 Å². The van der Waals surface area contributed by atoms with Crippen molar-refractivity contribution in [3.05, 3.63) is 0 Å². The lowest BCUT2D eigenvalue weighted by molar-refractivity contribution is 0.675. The molecular formula is C12H28IN3S. The molecule has 0 aliphatic rings. The molecule has 0 aliphatic carbocycles. The molecule has 0 aromatic carbocycles. The maximum Gasteiger partial charge on any atom is 0.188 e. The molecule has 0 atom stereocenters. The number of unbranched alkanes of at least 4 members (excludes halogenated alkanes) is 4. The molecule has 0 rings (SSSR count). The molecular weight excluding hydrogens is 345 g/mol. The summed E-state index contributed by atoms with van der Waals surface area (Å²) in [4.78, 5) is 4.29. The minimum absolute atomic E-state index is 0. The summed E-state index contributed by atoms with van der Waals surface area (Å²) in [6, 6.07) is 0. The molecule has 3 N–H and O–H groups in total. The normalized spacial score (nSPS) is 11.1. The van der Waals surface area contributed by atoms with Crippen LogP contribution >= 0.6 is 35.7 Å². The molecule has 0 amide bonds. The first-order valence-corrected chi connectivity index (χ1v) is 7.73. The Morgan fingerprint density at radius 2 is 1.88 bits per heavy atom. The first-order chi connectivity index (χ1) is 7.81. The van der Waals surface area contributed by atoms with Gasteiger partial charge >= 0.3 is 0 Å². The Bertz CT molecular complexity index is 177. The molecule has 0 radical (unpaired) electrons. The molecule has 0 fully saturated rings. The highest BCUT2D eigenvalue weighted by Gasteiger charge is 1.91. The van der Waals surface area contributed by atoms with Gasteiger partial charge in [0.1, 0.15) is 0 Å². The molecule has 0 aromatic rings. The van der Waals surface area contributed by atoms with Gasteiger partial charge in [0.25, 0.3) is 0 Å². The SMILES string of the molecule is CCCCNC(N)=NCCCCCCSC.I. The average molecular weight is 373 g/mol. The molecule has 3 nitrogen and oxygen atoms in total. The van der Waals surface area contributed by atoms with Gasteiger partial charge in [-0.1, -0.05) is 26.2 Å². The number of hydrogen-bond donors (Lipinski definition) is 2. The van der Waals surface area contributed by atoms with Crippen LogP contribution in [0.1, 0.15) is 45.4 Å². The van der Waals surface area contributed by atoms with Gasteiger partial charge in [-0.15, -0.1) is 24.0 Å². The van der Waals surface area contributed by atoms with Gasteiger partial charge in [0, 0.05) is 13.1 Å².